The van der Waals surface area contributed by atoms with Crippen LogP contribution in [-0.4, -0.2) is 4.57 Å². The first-order chi connectivity index (χ1) is 5.13. The predicted molar refractivity (Wildman–Crippen MR) is 49.1 cm³/mol. The Hall–Kier alpha value is -0.700. The van der Waals surface area contributed by atoms with Crippen LogP contribution in [-0.2, 0) is 0 Å². The summed E-state index contributed by atoms with van der Waals surface area (Å²) >= 11 is 4.19. The summed E-state index contributed by atoms with van der Waals surface area (Å²) in [7, 11) is 0. The highest BCUT2D eigenvalue weighted by atomic mass is 32.1. The minimum atomic E-state index is -0.0521. The maximum absolute atomic E-state index is 11.2. The van der Waals surface area contributed by atoms with Crippen molar-refractivity contribution in [2.75, 3.05) is 0 Å². The Balaban J connectivity index is 3.33. The lowest BCUT2D eigenvalue weighted by molar-refractivity contribution is 0.686. The topological polar surface area (TPSA) is 22.0 Å². The van der Waals surface area contributed by atoms with Gasteiger partial charge in [0.15, 0.2) is 0 Å². The standard InChI is InChI=1S/C8H11NOS/c1-6-4-3-5-8(10)9(6)7(2)11/h3-5,7,11H,1-2H3. The third-order valence-corrected chi connectivity index (χ3v) is 1.80. The van der Waals surface area contributed by atoms with E-state index in [1.807, 2.05) is 19.9 Å². The molecule has 0 bridgehead atoms. The van der Waals surface area contributed by atoms with Crippen molar-refractivity contribution in [2.24, 2.45) is 0 Å². The molecule has 2 nitrogen and oxygen atoms in total. The van der Waals surface area contributed by atoms with Gasteiger partial charge in [0.2, 0.25) is 0 Å². The number of thiol groups is 1. The Bertz CT molecular complexity index is 303. The zero-order valence-corrected chi connectivity index (χ0v) is 7.51. The first kappa shape index (κ1) is 8.40. The molecule has 0 N–H and O–H groups in total. The lowest BCUT2D eigenvalue weighted by Gasteiger charge is -2.11. The van der Waals surface area contributed by atoms with Crippen molar-refractivity contribution < 1.29 is 0 Å². The van der Waals surface area contributed by atoms with Gasteiger partial charge in [0.1, 0.15) is 0 Å². The summed E-state index contributed by atoms with van der Waals surface area (Å²) in [5.74, 6) is 0. The Morgan fingerprint density at radius 2 is 2.18 bits per heavy atom. The molecule has 0 aromatic carbocycles. The number of hydrogen-bond donors (Lipinski definition) is 1. The maximum Gasteiger partial charge on any atom is 0.251 e. The fourth-order valence-electron chi connectivity index (χ4n) is 1.08. The largest absolute Gasteiger partial charge is 0.301 e. The van der Waals surface area contributed by atoms with Crippen LogP contribution in [0.1, 0.15) is 18.0 Å². The second kappa shape index (κ2) is 3.13. The fraction of sp³-hybridized carbons (Fsp3) is 0.375. The highest BCUT2D eigenvalue weighted by Gasteiger charge is 2.01. The Labute approximate surface area is 71.3 Å². The van der Waals surface area contributed by atoms with Crippen molar-refractivity contribution in [3.8, 4) is 0 Å². The molecule has 0 spiro atoms. The molecule has 1 aromatic rings. The molecule has 0 aliphatic carbocycles. The van der Waals surface area contributed by atoms with E-state index in [-0.39, 0.29) is 10.9 Å². The number of nitrogens with zero attached hydrogens (tertiary/aromatic N) is 1. The Morgan fingerprint density at radius 3 is 2.55 bits per heavy atom. The minimum absolute atomic E-state index is 0.00694. The monoisotopic (exact) mass is 169 g/mol. The van der Waals surface area contributed by atoms with E-state index in [9.17, 15) is 4.79 Å². The van der Waals surface area contributed by atoms with Crippen molar-refractivity contribution in [3.63, 3.8) is 0 Å². The second-order valence-corrected chi connectivity index (χ2v) is 3.25. The summed E-state index contributed by atoms with van der Waals surface area (Å²) in [5, 5.41) is -0.0521. The molecule has 11 heavy (non-hydrogen) atoms. The van der Waals surface area contributed by atoms with Crippen LogP contribution >= 0.6 is 12.6 Å². The Kier molecular flexibility index (Phi) is 2.39. The molecule has 60 valence electrons. The van der Waals surface area contributed by atoms with Gasteiger partial charge >= 0.3 is 0 Å². The van der Waals surface area contributed by atoms with Gasteiger partial charge in [-0.1, -0.05) is 6.07 Å². The molecule has 0 fully saturated rings. The van der Waals surface area contributed by atoms with E-state index in [1.54, 1.807) is 16.7 Å². The normalized spacial score (nSPS) is 13.0. The third kappa shape index (κ3) is 1.66. The molecule has 1 heterocycles. The number of aromatic nitrogens is 1. The lowest BCUT2D eigenvalue weighted by Crippen LogP contribution is -2.21. The molecular weight excluding hydrogens is 158 g/mol. The lowest BCUT2D eigenvalue weighted by atomic mass is 10.3. The summed E-state index contributed by atoms with van der Waals surface area (Å²) in [6.45, 7) is 3.77. The quantitative estimate of drug-likeness (QED) is 0.634. The molecule has 0 radical (unpaired) electrons. The highest BCUT2D eigenvalue weighted by Crippen LogP contribution is 2.08. The smallest absolute Gasteiger partial charge is 0.251 e. The average molecular weight is 169 g/mol. The van der Waals surface area contributed by atoms with Crippen molar-refractivity contribution in [2.45, 2.75) is 19.2 Å². The van der Waals surface area contributed by atoms with Crippen LogP contribution in [0.3, 0.4) is 0 Å². The molecule has 0 saturated heterocycles. The first-order valence-corrected chi connectivity index (χ1v) is 4.01. The predicted octanol–water partition coefficient (Wildman–Crippen LogP) is 1.61. The fourth-order valence-corrected chi connectivity index (χ4v) is 1.38. The van der Waals surface area contributed by atoms with Gasteiger partial charge in [-0.3, -0.25) is 4.79 Å². The number of hydrogen-bond acceptors (Lipinski definition) is 2. The van der Waals surface area contributed by atoms with Crippen LogP contribution in [0.4, 0.5) is 0 Å². The van der Waals surface area contributed by atoms with E-state index in [0.717, 1.165) is 5.69 Å². The minimum Gasteiger partial charge on any atom is -0.301 e. The van der Waals surface area contributed by atoms with Crippen molar-refractivity contribution in [1.29, 1.82) is 0 Å². The van der Waals surface area contributed by atoms with Gasteiger partial charge in [-0.2, -0.15) is 12.6 Å². The van der Waals surface area contributed by atoms with E-state index in [4.69, 9.17) is 0 Å². The third-order valence-electron chi connectivity index (χ3n) is 1.57. The highest BCUT2D eigenvalue weighted by molar-refractivity contribution is 7.80. The van der Waals surface area contributed by atoms with Gasteiger partial charge in [-0.25, -0.2) is 0 Å². The number of rotatable bonds is 1. The summed E-state index contributed by atoms with van der Waals surface area (Å²) in [5.41, 5.74) is 0.951. The second-order valence-electron chi connectivity index (χ2n) is 2.51. The summed E-state index contributed by atoms with van der Waals surface area (Å²) in [4.78, 5) is 11.2. The molecule has 0 amide bonds. The molecule has 3 heteroatoms. The zero-order chi connectivity index (χ0) is 8.43. The average Bonchev–Trinajstić information content (AvgIpc) is 1.85. The van der Waals surface area contributed by atoms with Crippen molar-refractivity contribution >= 4 is 12.6 Å². The number of aryl methyl sites for hydroxylation is 1. The van der Waals surface area contributed by atoms with Gasteiger partial charge < -0.3 is 4.57 Å². The molecule has 1 rings (SSSR count). The molecule has 0 aliphatic heterocycles. The summed E-state index contributed by atoms with van der Waals surface area (Å²) < 4.78 is 1.64. The van der Waals surface area contributed by atoms with Crippen molar-refractivity contribution in [1.82, 2.24) is 4.57 Å². The van der Waals surface area contributed by atoms with Crippen molar-refractivity contribution in [3.05, 3.63) is 34.2 Å². The van der Waals surface area contributed by atoms with E-state index in [0.29, 0.717) is 0 Å². The zero-order valence-electron chi connectivity index (χ0n) is 6.61. The molecule has 0 saturated carbocycles. The van der Waals surface area contributed by atoms with Gasteiger partial charge in [0.05, 0.1) is 5.37 Å². The Morgan fingerprint density at radius 1 is 1.55 bits per heavy atom. The molecule has 1 unspecified atom stereocenters. The summed E-state index contributed by atoms with van der Waals surface area (Å²) in [6.07, 6.45) is 0. The molecular formula is C8H11NOS. The van der Waals surface area contributed by atoms with Gasteiger partial charge in [-0.05, 0) is 19.9 Å². The van der Waals surface area contributed by atoms with Crippen LogP contribution in [0.5, 0.6) is 0 Å². The van der Waals surface area contributed by atoms with Crippen LogP contribution in [0.25, 0.3) is 0 Å². The number of pyridine rings is 1. The van der Waals surface area contributed by atoms with Crippen LogP contribution < -0.4 is 5.56 Å². The van der Waals surface area contributed by atoms with E-state index in [1.165, 1.54) is 0 Å². The van der Waals surface area contributed by atoms with Gasteiger partial charge in [0.25, 0.3) is 5.56 Å². The summed E-state index contributed by atoms with van der Waals surface area (Å²) in [6, 6.07) is 5.19. The molecule has 0 aliphatic rings. The van der Waals surface area contributed by atoms with E-state index < -0.39 is 0 Å². The van der Waals surface area contributed by atoms with Crippen LogP contribution in [0, 0.1) is 6.92 Å². The first-order valence-electron chi connectivity index (χ1n) is 3.49. The van der Waals surface area contributed by atoms with E-state index >= 15 is 0 Å². The van der Waals surface area contributed by atoms with Crippen LogP contribution in [0.2, 0.25) is 0 Å². The SMILES string of the molecule is Cc1cccc(=O)n1C(C)S. The van der Waals surface area contributed by atoms with Gasteiger partial charge in [-0.15, -0.1) is 0 Å². The van der Waals surface area contributed by atoms with E-state index in [2.05, 4.69) is 12.6 Å². The maximum atomic E-state index is 11.2. The molecule has 1 aromatic heterocycles. The molecule has 1 atom stereocenters. The van der Waals surface area contributed by atoms with Gasteiger partial charge in [0, 0.05) is 11.8 Å². The van der Waals surface area contributed by atoms with Crippen LogP contribution in [0.15, 0.2) is 23.0 Å².